The Balaban J connectivity index is 1.61. The van der Waals surface area contributed by atoms with Gasteiger partial charge in [0, 0.05) is 12.6 Å². The number of carbonyl (C=O) groups is 1. The van der Waals surface area contributed by atoms with Gasteiger partial charge in [0.15, 0.2) is 9.84 Å². The molecule has 1 heterocycles. The third-order valence-corrected chi connectivity index (χ3v) is 5.11. The molecule has 1 aromatic rings. The maximum absolute atomic E-state index is 11.6. The molecule has 1 fully saturated rings. The van der Waals surface area contributed by atoms with E-state index < -0.39 is 9.84 Å². The molecule has 0 spiro atoms. The molecular weight excluding hydrogens is 276 g/mol. The summed E-state index contributed by atoms with van der Waals surface area (Å²) in [6, 6.07) is 9.57. The predicted molar refractivity (Wildman–Crippen MR) is 78.4 cm³/mol. The number of aryl methyl sites for hydroxylation is 1. The fourth-order valence-electron chi connectivity index (χ4n) is 2.28. The average Bonchev–Trinajstić information content (AvgIpc) is 2.75. The lowest BCUT2D eigenvalue weighted by Gasteiger charge is -2.11. The lowest BCUT2D eigenvalue weighted by molar-refractivity contribution is 0.238. The Morgan fingerprint density at radius 1 is 1.25 bits per heavy atom. The van der Waals surface area contributed by atoms with Crippen LogP contribution >= 0.6 is 0 Å². The number of benzene rings is 1. The van der Waals surface area contributed by atoms with E-state index in [1.807, 2.05) is 18.2 Å². The van der Waals surface area contributed by atoms with Crippen molar-refractivity contribution in [2.24, 2.45) is 0 Å². The van der Waals surface area contributed by atoms with Crippen molar-refractivity contribution < 1.29 is 13.2 Å². The van der Waals surface area contributed by atoms with Crippen LogP contribution in [0.3, 0.4) is 0 Å². The molecule has 0 bridgehead atoms. The molecule has 0 unspecified atom stereocenters. The summed E-state index contributed by atoms with van der Waals surface area (Å²) in [6.07, 6.45) is 2.29. The van der Waals surface area contributed by atoms with E-state index in [1.165, 1.54) is 5.56 Å². The zero-order chi connectivity index (χ0) is 14.4. The molecule has 6 heteroatoms. The SMILES string of the molecule is O=C(NCCCc1ccccc1)N[C@H]1CCS(=O)(=O)C1. The monoisotopic (exact) mass is 296 g/mol. The molecule has 110 valence electrons. The highest BCUT2D eigenvalue weighted by molar-refractivity contribution is 7.91. The summed E-state index contributed by atoms with van der Waals surface area (Å²) in [5, 5.41) is 5.47. The van der Waals surface area contributed by atoms with Crippen molar-refractivity contribution in [3.05, 3.63) is 35.9 Å². The second-order valence-electron chi connectivity index (χ2n) is 5.09. The van der Waals surface area contributed by atoms with Crippen molar-refractivity contribution >= 4 is 15.9 Å². The zero-order valence-electron chi connectivity index (χ0n) is 11.3. The lowest BCUT2D eigenvalue weighted by atomic mass is 10.1. The summed E-state index contributed by atoms with van der Waals surface area (Å²) in [7, 11) is -2.94. The molecule has 0 aliphatic carbocycles. The molecule has 1 aromatic carbocycles. The highest BCUT2D eigenvalue weighted by Crippen LogP contribution is 2.10. The Morgan fingerprint density at radius 2 is 2.00 bits per heavy atom. The minimum absolute atomic E-state index is 0.0600. The predicted octanol–water partition coefficient (Wildman–Crippen LogP) is 1.11. The van der Waals surface area contributed by atoms with Gasteiger partial charge in [0.05, 0.1) is 11.5 Å². The van der Waals surface area contributed by atoms with Gasteiger partial charge in [-0.1, -0.05) is 30.3 Å². The fraction of sp³-hybridized carbons (Fsp3) is 0.500. The van der Waals surface area contributed by atoms with Gasteiger partial charge in [0.1, 0.15) is 0 Å². The van der Waals surface area contributed by atoms with Gasteiger partial charge in [-0.15, -0.1) is 0 Å². The summed E-state index contributed by atoms with van der Waals surface area (Å²) < 4.78 is 22.5. The number of sulfone groups is 1. The zero-order valence-corrected chi connectivity index (χ0v) is 12.2. The van der Waals surface area contributed by atoms with Gasteiger partial charge in [-0.05, 0) is 24.8 Å². The first kappa shape index (κ1) is 14.8. The van der Waals surface area contributed by atoms with E-state index >= 15 is 0 Å². The van der Waals surface area contributed by atoms with Crippen LogP contribution in [0, 0.1) is 0 Å². The second-order valence-corrected chi connectivity index (χ2v) is 7.32. The number of carbonyl (C=O) groups excluding carboxylic acids is 1. The first-order valence-electron chi connectivity index (χ1n) is 6.84. The molecule has 1 aliphatic heterocycles. The van der Waals surface area contributed by atoms with E-state index in [-0.39, 0.29) is 23.6 Å². The van der Waals surface area contributed by atoms with Gasteiger partial charge in [0.2, 0.25) is 0 Å². The molecule has 2 N–H and O–H groups in total. The van der Waals surface area contributed by atoms with E-state index in [1.54, 1.807) is 0 Å². The van der Waals surface area contributed by atoms with Crippen molar-refractivity contribution in [3.8, 4) is 0 Å². The van der Waals surface area contributed by atoms with Gasteiger partial charge in [-0.2, -0.15) is 0 Å². The highest BCUT2D eigenvalue weighted by atomic mass is 32.2. The molecule has 1 saturated heterocycles. The smallest absolute Gasteiger partial charge is 0.315 e. The quantitative estimate of drug-likeness (QED) is 0.799. The topological polar surface area (TPSA) is 75.3 Å². The Hall–Kier alpha value is -1.56. The number of urea groups is 1. The summed E-state index contributed by atoms with van der Waals surface area (Å²) in [5.41, 5.74) is 1.25. The minimum atomic E-state index is -2.94. The Labute approximate surface area is 119 Å². The third-order valence-electron chi connectivity index (χ3n) is 3.34. The Kier molecular flexibility index (Phi) is 5.00. The average molecular weight is 296 g/mol. The molecule has 0 saturated carbocycles. The fourth-order valence-corrected chi connectivity index (χ4v) is 3.96. The normalized spacial score (nSPS) is 20.5. The summed E-state index contributed by atoms with van der Waals surface area (Å²) >= 11 is 0. The van der Waals surface area contributed by atoms with Gasteiger partial charge in [0.25, 0.3) is 0 Å². The van der Waals surface area contributed by atoms with E-state index in [4.69, 9.17) is 0 Å². The number of hydrogen-bond acceptors (Lipinski definition) is 3. The minimum Gasteiger partial charge on any atom is -0.338 e. The summed E-state index contributed by atoms with van der Waals surface area (Å²) in [5.74, 6) is 0.233. The van der Waals surface area contributed by atoms with Crippen LogP contribution in [-0.2, 0) is 16.3 Å². The standard InChI is InChI=1S/C14H20N2O3S/c17-14(16-13-8-10-20(18,19)11-13)15-9-4-7-12-5-2-1-3-6-12/h1-3,5-6,13H,4,7-11H2,(H2,15,16,17)/t13-/m0/s1. The van der Waals surface area contributed by atoms with Crippen molar-refractivity contribution in [1.82, 2.24) is 10.6 Å². The van der Waals surface area contributed by atoms with E-state index in [9.17, 15) is 13.2 Å². The van der Waals surface area contributed by atoms with Crippen LogP contribution in [0.25, 0.3) is 0 Å². The van der Waals surface area contributed by atoms with Gasteiger partial charge >= 0.3 is 6.03 Å². The number of nitrogens with one attached hydrogen (secondary N) is 2. The van der Waals surface area contributed by atoms with E-state index in [0.29, 0.717) is 13.0 Å². The largest absolute Gasteiger partial charge is 0.338 e. The van der Waals surface area contributed by atoms with Crippen LogP contribution < -0.4 is 10.6 Å². The third kappa shape index (κ3) is 4.85. The van der Waals surface area contributed by atoms with Crippen molar-refractivity contribution in [3.63, 3.8) is 0 Å². The molecule has 1 atom stereocenters. The first-order chi connectivity index (χ1) is 9.55. The van der Waals surface area contributed by atoms with Crippen LogP contribution in [-0.4, -0.2) is 38.5 Å². The highest BCUT2D eigenvalue weighted by Gasteiger charge is 2.28. The molecular formula is C14H20N2O3S. The summed E-state index contributed by atoms with van der Waals surface area (Å²) in [4.78, 5) is 11.6. The van der Waals surface area contributed by atoms with Crippen molar-refractivity contribution in [2.45, 2.75) is 25.3 Å². The van der Waals surface area contributed by atoms with Crippen LogP contribution in [0.5, 0.6) is 0 Å². The molecule has 2 amide bonds. The second kappa shape index (κ2) is 6.74. The van der Waals surface area contributed by atoms with Gasteiger partial charge < -0.3 is 10.6 Å². The molecule has 1 aliphatic rings. The Bertz CT molecular complexity index is 543. The van der Waals surface area contributed by atoms with Crippen LogP contribution in [0.15, 0.2) is 30.3 Å². The molecule has 0 aromatic heterocycles. The van der Waals surface area contributed by atoms with Crippen LogP contribution in [0.2, 0.25) is 0 Å². The molecule has 20 heavy (non-hydrogen) atoms. The maximum Gasteiger partial charge on any atom is 0.315 e. The van der Waals surface area contributed by atoms with Crippen molar-refractivity contribution in [2.75, 3.05) is 18.1 Å². The lowest BCUT2D eigenvalue weighted by Crippen LogP contribution is -2.43. The van der Waals surface area contributed by atoms with E-state index in [0.717, 1.165) is 12.8 Å². The van der Waals surface area contributed by atoms with Gasteiger partial charge in [-0.25, -0.2) is 13.2 Å². The van der Waals surface area contributed by atoms with Crippen LogP contribution in [0.1, 0.15) is 18.4 Å². The summed E-state index contributed by atoms with van der Waals surface area (Å²) in [6.45, 7) is 0.584. The molecule has 2 rings (SSSR count). The number of rotatable bonds is 5. The number of hydrogen-bond donors (Lipinski definition) is 2. The van der Waals surface area contributed by atoms with Crippen molar-refractivity contribution in [1.29, 1.82) is 0 Å². The van der Waals surface area contributed by atoms with E-state index in [2.05, 4.69) is 22.8 Å². The number of amides is 2. The molecule has 5 nitrogen and oxygen atoms in total. The first-order valence-corrected chi connectivity index (χ1v) is 8.66. The van der Waals surface area contributed by atoms with Gasteiger partial charge in [-0.3, -0.25) is 0 Å². The Morgan fingerprint density at radius 3 is 2.65 bits per heavy atom. The van der Waals surface area contributed by atoms with Crippen LogP contribution in [0.4, 0.5) is 4.79 Å². The maximum atomic E-state index is 11.6. The molecule has 0 radical (unpaired) electrons.